The number of hydrogen-bond donors (Lipinski definition) is 1. The fourth-order valence-electron chi connectivity index (χ4n) is 2.46. The van der Waals surface area contributed by atoms with E-state index in [0.717, 1.165) is 6.61 Å². The lowest BCUT2D eigenvalue weighted by Gasteiger charge is -2.27. The van der Waals surface area contributed by atoms with Crippen molar-refractivity contribution in [2.24, 2.45) is 0 Å². The van der Waals surface area contributed by atoms with E-state index in [0.29, 0.717) is 12.1 Å². The Morgan fingerprint density at radius 1 is 1.17 bits per heavy atom. The van der Waals surface area contributed by atoms with Gasteiger partial charge in [0.2, 0.25) is 0 Å². The highest BCUT2D eigenvalue weighted by atomic mass is 16.5. The zero-order chi connectivity index (χ0) is 12.6. The summed E-state index contributed by atoms with van der Waals surface area (Å²) in [5, 5.41) is 3.34. The summed E-state index contributed by atoms with van der Waals surface area (Å²) in [4.78, 5) is 0. The van der Waals surface area contributed by atoms with Gasteiger partial charge < -0.3 is 10.1 Å². The molecule has 2 heteroatoms. The molecule has 1 aromatic rings. The second-order valence-corrected chi connectivity index (χ2v) is 4.91. The maximum Gasteiger partial charge on any atom is 0.0654 e. The quantitative estimate of drug-likeness (QED) is 0.860. The molecule has 0 atom stereocenters. The lowest BCUT2D eigenvalue weighted by molar-refractivity contribution is 0.0405. The van der Waals surface area contributed by atoms with E-state index in [-0.39, 0.29) is 0 Å². The summed E-state index contributed by atoms with van der Waals surface area (Å²) in [6.07, 6.45) is 9.54. The molecular formula is C16H23NO. The normalized spacial score (nSPS) is 24.5. The Bertz CT molecular complexity index is 353. The Morgan fingerprint density at radius 3 is 2.56 bits per heavy atom. The summed E-state index contributed by atoms with van der Waals surface area (Å²) in [5.41, 5.74) is 1.24. The molecule has 0 heterocycles. The van der Waals surface area contributed by atoms with Crippen molar-refractivity contribution in [2.75, 3.05) is 13.7 Å². The third-order valence-corrected chi connectivity index (χ3v) is 3.62. The minimum atomic E-state index is 0.454. The third-order valence-electron chi connectivity index (χ3n) is 3.62. The van der Waals surface area contributed by atoms with E-state index >= 15 is 0 Å². The SMILES string of the molecule is CNC1CCC(OC/C=C/c2ccccc2)CC1. The maximum absolute atomic E-state index is 5.88. The van der Waals surface area contributed by atoms with Gasteiger partial charge in [-0.1, -0.05) is 42.5 Å². The summed E-state index contributed by atoms with van der Waals surface area (Å²) in [5.74, 6) is 0. The van der Waals surface area contributed by atoms with Crippen LogP contribution >= 0.6 is 0 Å². The first-order valence-corrected chi connectivity index (χ1v) is 6.89. The molecule has 18 heavy (non-hydrogen) atoms. The van der Waals surface area contributed by atoms with E-state index < -0.39 is 0 Å². The van der Waals surface area contributed by atoms with Gasteiger partial charge in [-0.2, -0.15) is 0 Å². The van der Waals surface area contributed by atoms with Crippen LogP contribution in [-0.2, 0) is 4.74 Å². The van der Waals surface area contributed by atoms with Crippen molar-refractivity contribution in [1.82, 2.24) is 5.32 Å². The van der Waals surface area contributed by atoms with Crippen molar-refractivity contribution in [3.8, 4) is 0 Å². The van der Waals surface area contributed by atoms with Gasteiger partial charge in [0.05, 0.1) is 12.7 Å². The van der Waals surface area contributed by atoms with Gasteiger partial charge in [-0.3, -0.25) is 0 Å². The molecule has 1 saturated carbocycles. The zero-order valence-electron chi connectivity index (χ0n) is 11.1. The minimum Gasteiger partial charge on any atom is -0.374 e. The van der Waals surface area contributed by atoms with Crippen LogP contribution in [0.2, 0.25) is 0 Å². The smallest absolute Gasteiger partial charge is 0.0654 e. The molecule has 2 rings (SSSR count). The summed E-state index contributed by atoms with van der Waals surface area (Å²) in [7, 11) is 2.05. The lowest BCUT2D eigenvalue weighted by atomic mass is 9.93. The predicted octanol–water partition coefficient (Wildman–Crippen LogP) is 3.25. The first-order valence-electron chi connectivity index (χ1n) is 6.89. The Morgan fingerprint density at radius 2 is 1.89 bits per heavy atom. The second-order valence-electron chi connectivity index (χ2n) is 4.91. The van der Waals surface area contributed by atoms with Gasteiger partial charge in [-0.25, -0.2) is 0 Å². The van der Waals surface area contributed by atoms with Gasteiger partial charge >= 0.3 is 0 Å². The van der Waals surface area contributed by atoms with Crippen molar-refractivity contribution in [2.45, 2.75) is 37.8 Å². The molecule has 1 fully saturated rings. The standard InChI is InChI=1S/C16H23NO/c1-17-15-9-11-16(12-10-15)18-13-5-8-14-6-3-2-4-7-14/h2-8,15-17H,9-13H2,1H3/b8-5+. The van der Waals surface area contributed by atoms with Crippen molar-refractivity contribution >= 4 is 6.08 Å². The fourth-order valence-corrected chi connectivity index (χ4v) is 2.46. The molecule has 0 aromatic heterocycles. The van der Waals surface area contributed by atoms with Crippen LogP contribution in [0.1, 0.15) is 31.2 Å². The van der Waals surface area contributed by atoms with E-state index in [1.54, 1.807) is 0 Å². The maximum atomic E-state index is 5.88. The van der Waals surface area contributed by atoms with Gasteiger partial charge in [0.1, 0.15) is 0 Å². The monoisotopic (exact) mass is 245 g/mol. The molecule has 0 spiro atoms. The van der Waals surface area contributed by atoms with Gasteiger partial charge in [-0.05, 0) is 38.3 Å². The average Bonchev–Trinajstić information content (AvgIpc) is 2.45. The highest BCUT2D eigenvalue weighted by Crippen LogP contribution is 2.20. The summed E-state index contributed by atoms with van der Waals surface area (Å²) < 4.78 is 5.88. The van der Waals surface area contributed by atoms with Gasteiger partial charge in [0.25, 0.3) is 0 Å². The topological polar surface area (TPSA) is 21.3 Å². The first kappa shape index (κ1) is 13.3. The van der Waals surface area contributed by atoms with Crippen LogP contribution in [0.25, 0.3) is 6.08 Å². The van der Waals surface area contributed by atoms with Crippen LogP contribution in [-0.4, -0.2) is 25.8 Å². The Kier molecular flexibility index (Phi) is 5.43. The summed E-state index contributed by atoms with van der Waals surface area (Å²) in [6, 6.07) is 11.1. The van der Waals surface area contributed by atoms with Crippen LogP contribution in [0.15, 0.2) is 36.4 Å². The van der Waals surface area contributed by atoms with Crippen molar-refractivity contribution in [3.63, 3.8) is 0 Å². The van der Waals surface area contributed by atoms with Crippen molar-refractivity contribution in [1.29, 1.82) is 0 Å². The minimum absolute atomic E-state index is 0.454. The molecular weight excluding hydrogens is 222 g/mol. The molecule has 0 saturated heterocycles. The molecule has 1 N–H and O–H groups in total. The van der Waals surface area contributed by atoms with Crippen LogP contribution in [0.3, 0.4) is 0 Å². The van der Waals surface area contributed by atoms with Crippen molar-refractivity contribution < 1.29 is 4.74 Å². The Labute approximate surface area is 110 Å². The largest absolute Gasteiger partial charge is 0.374 e. The van der Waals surface area contributed by atoms with E-state index in [1.807, 2.05) is 6.07 Å². The summed E-state index contributed by atoms with van der Waals surface area (Å²) in [6.45, 7) is 0.726. The molecule has 1 aromatic carbocycles. The first-order chi connectivity index (χ1) is 8.88. The van der Waals surface area contributed by atoms with Gasteiger partial charge in [0, 0.05) is 6.04 Å². The molecule has 98 valence electrons. The Hall–Kier alpha value is -1.12. The molecule has 0 bridgehead atoms. The lowest BCUT2D eigenvalue weighted by Crippen LogP contribution is -2.32. The number of ether oxygens (including phenoxy) is 1. The molecule has 1 aliphatic carbocycles. The average molecular weight is 245 g/mol. The zero-order valence-corrected chi connectivity index (χ0v) is 11.1. The molecule has 0 radical (unpaired) electrons. The second kappa shape index (κ2) is 7.34. The molecule has 0 amide bonds. The van der Waals surface area contributed by atoms with E-state index in [1.165, 1.54) is 31.2 Å². The van der Waals surface area contributed by atoms with Crippen LogP contribution in [0, 0.1) is 0 Å². The van der Waals surface area contributed by atoms with E-state index in [2.05, 4.69) is 48.8 Å². The molecule has 0 unspecified atom stereocenters. The molecule has 0 aliphatic heterocycles. The third kappa shape index (κ3) is 4.28. The Balaban J connectivity index is 1.66. The van der Waals surface area contributed by atoms with E-state index in [9.17, 15) is 0 Å². The number of hydrogen-bond acceptors (Lipinski definition) is 2. The summed E-state index contributed by atoms with van der Waals surface area (Å²) >= 11 is 0. The molecule has 2 nitrogen and oxygen atoms in total. The van der Waals surface area contributed by atoms with Crippen LogP contribution in [0.4, 0.5) is 0 Å². The highest BCUT2D eigenvalue weighted by Gasteiger charge is 2.19. The van der Waals surface area contributed by atoms with Crippen molar-refractivity contribution in [3.05, 3.63) is 42.0 Å². The highest BCUT2D eigenvalue weighted by molar-refractivity contribution is 5.48. The number of nitrogens with one attached hydrogen (secondary N) is 1. The van der Waals surface area contributed by atoms with Crippen LogP contribution in [0.5, 0.6) is 0 Å². The van der Waals surface area contributed by atoms with Crippen LogP contribution < -0.4 is 5.32 Å². The van der Waals surface area contributed by atoms with Gasteiger partial charge in [-0.15, -0.1) is 0 Å². The predicted molar refractivity (Wildman–Crippen MR) is 76.5 cm³/mol. The molecule has 1 aliphatic rings. The fraction of sp³-hybridized carbons (Fsp3) is 0.500. The van der Waals surface area contributed by atoms with Gasteiger partial charge in [0.15, 0.2) is 0 Å². The number of rotatable bonds is 5. The number of benzene rings is 1. The van der Waals surface area contributed by atoms with E-state index in [4.69, 9.17) is 4.74 Å².